The number of nitrogens with one attached hydrogen (secondary N) is 1. The number of nitrogens with zero attached hydrogens (tertiary/aromatic N) is 3. The van der Waals surface area contributed by atoms with Gasteiger partial charge in [-0.3, -0.25) is 9.89 Å². The monoisotopic (exact) mass is 274 g/mol. The number of aliphatic imine (C=N–C) groups is 1. The summed E-state index contributed by atoms with van der Waals surface area (Å²) in [7, 11) is 3.79. The Bertz CT molecular complexity index is 429. The van der Waals surface area contributed by atoms with Crippen molar-refractivity contribution in [1.82, 2.24) is 15.1 Å². The van der Waals surface area contributed by atoms with Gasteiger partial charge in [-0.05, 0) is 18.9 Å². The maximum absolute atomic E-state index is 4.32. The summed E-state index contributed by atoms with van der Waals surface area (Å²) in [6.07, 6.45) is 1.17. The Morgan fingerprint density at radius 3 is 2.65 bits per heavy atom. The van der Waals surface area contributed by atoms with Crippen LogP contribution in [0.4, 0.5) is 0 Å². The third kappa shape index (κ3) is 3.73. The van der Waals surface area contributed by atoms with Crippen LogP contribution in [0.3, 0.4) is 0 Å². The minimum atomic E-state index is 0.607. The van der Waals surface area contributed by atoms with Gasteiger partial charge in [-0.2, -0.15) is 0 Å². The number of rotatable bonds is 2. The first kappa shape index (κ1) is 14.9. The molecule has 0 aliphatic carbocycles. The van der Waals surface area contributed by atoms with Gasteiger partial charge in [-0.15, -0.1) is 0 Å². The van der Waals surface area contributed by atoms with Crippen LogP contribution >= 0.6 is 0 Å². The fourth-order valence-corrected chi connectivity index (χ4v) is 2.78. The van der Waals surface area contributed by atoms with E-state index >= 15 is 0 Å². The molecule has 4 heteroatoms. The molecule has 1 fully saturated rings. The Balaban J connectivity index is 1.99. The van der Waals surface area contributed by atoms with Gasteiger partial charge in [-0.25, -0.2) is 0 Å². The van der Waals surface area contributed by atoms with Gasteiger partial charge in [0.2, 0.25) is 0 Å². The first-order chi connectivity index (χ1) is 9.74. The largest absolute Gasteiger partial charge is 0.359 e. The minimum Gasteiger partial charge on any atom is -0.359 e. The average molecular weight is 274 g/mol. The van der Waals surface area contributed by atoms with Crippen LogP contribution in [0.15, 0.2) is 35.3 Å². The third-order valence-electron chi connectivity index (χ3n) is 4.06. The van der Waals surface area contributed by atoms with E-state index in [9.17, 15) is 0 Å². The Kier molecular flexibility index (Phi) is 5.41. The van der Waals surface area contributed by atoms with Gasteiger partial charge >= 0.3 is 0 Å². The minimum absolute atomic E-state index is 0.607. The molecule has 1 aromatic rings. The van der Waals surface area contributed by atoms with Crippen LogP contribution < -0.4 is 5.32 Å². The van der Waals surface area contributed by atoms with E-state index in [2.05, 4.69) is 57.4 Å². The highest BCUT2D eigenvalue weighted by atomic mass is 15.3. The molecular weight excluding hydrogens is 248 g/mol. The van der Waals surface area contributed by atoms with Crippen molar-refractivity contribution in [2.24, 2.45) is 4.99 Å². The van der Waals surface area contributed by atoms with Crippen LogP contribution in [0.2, 0.25) is 0 Å². The molecular formula is C16H26N4. The van der Waals surface area contributed by atoms with Crippen molar-refractivity contribution in [2.75, 3.05) is 33.7 Å². The van der Waals surface area contributed by atoms with Crippen molar-refractivity contribution in [2.45, 2.75) is 25.9 Å². The first-order valence-corrected chi connectivity index (χ1v) is 7.42. The summed E-state index contributed by atoms with van der Waals surface area (Å²) in [6, 6.07) is 11.3. The van der Waals surface area contributed by atoms with Crippen molar-refractivity contribution in [3.05, 3.63) is 35.9 Å². The van der Waals surface area contributed by atoms with Gasteiger partial charge < -0.3 is 10.2 Å². The molecule has 1 aliphatic rings. The van der Waals surface area contributed by atoms with E-state index in [1.165, 1.54) is 12.0 Å². The van der Waals surface area contributed by atoms with E-state index in [0.717, 1.165) is 32.1 Å². The van der Waals surface area contributed by atoms with Crippen LogP contribution in [0, 0.1) is 0 Å². The van der Waals surface area contributed by atoms with E-state index in [4.69, 9.17) is 0 Å². The predicted molar refractivity (Wildman–Crippen MR) is 84.9 cm³/mol. The predicted octanol–water partition coefficient (Wildman–Crippen LogP) is 1.79. The molecule has 1 N–H and O–H groups in total. The van der Waals surface area contributed by atoms with Crippen molar-refractivity contribution < 1.29 is 0 Å². The van der Waals surface area contributed by atoms with Crippen LogP contribution in [0.5, 0.6) is 0 Å². The Hall–Kier alpha value is -1.55. The summed E-state index contributed by atoms with van der Waals surface area (Å²) in [5, 5.41) is 3.19. The fraction of sp³-hybridized carbons (Fsp3) is 0.562. The highest BCUT2D eigenvalue weighted by Gasteiger charge is 2.22. The van der Waals surface area contributed by atoms with Gasteiger partial charge in [0.15, 0.2) is 5.96 Å². The summed E-state index contributed by atoms with van der Waals surface area (Å²) in [5.41, 5.74) is 1.39. The van der Waals surface area contributed by atoms with Crippen molar-refractivity contribution in [3.8, 4) is 0 Å². The topological polar surface area (TPSA) is 30.9 Å². The molecule has 0 radical (unpaired) electrons. The zero-order valence-electron chi connectivity index (χ0n) is 12.8. The van der Waals surface area contributed by atoms with Crippen molar-refractivity contribution in [1.29, 1.82) is 0 Å². The number of benzene rings is 1. The molecule has 0 bridgehead atoms. The molecule has 2 rings (SSSR count). The standard InChI is InChI=1S/C16H26N4/c1-14-9-10-19(16(17-2)18-3)11-12-20(14)13-15-7-5-4-6-8-15/h4-8,14H,9-13H2,1-3H3,(H,17,18). The van der Waals surface area contributed by atoms with E-state index in [1.807, 2.05) is 14.1 Å². The third-order valence-corrected chi connectivity index (χ3v) is 4.06. The molecule has 1 heterocycles. The lowest BCUT2D eigenvalue weighted by Crippen LogP contribution is -2.41. The lowest BCUT2D eigenvalue weighted by molar-refractivity contribution is 0.210. The van der Waals surface area contributed by atoms with Gasteiger partial charge in [0, 0.05) is 46.3 Å². The molecule has 0 aromatic heterocycles. The zero-order valence-corrected chi connectivity index (χ0v) is 12.8. The van der Waals surface area contributed by atoms with Gasteiger partial charge in [0.1, 0.15) is 0 Å². The summed E-state index contributed by atoms with van der Waals surface area (Å²) in [5.74, 6) is 0.999. The lowest BCUT2D eigenvalue weighted by Gasteiger charge is -2.26. The van der Waals surface area contributed by atoms with E-state index < -0.39 is 0 Å². The van der Waals surface area contributed by atoms with Gasteiger partial charge in [0.25, 0.3) is 0 Å². The van der Waals surface area contributed by atoms with E-state index in [0.29, 0.717) is 6.04 Å². The molecule has 4 nitrogen and oxygen atoms in total. The lowest BCUT2D eigenvalue weighted by atomic mass is 10.1. The van der Waals surface area contributed by atoms with Crippen molar-refractivity contribution in [3.63, 3.8) is 0 Å². The van der Waals surface area contributed by atoms with E-state index in [1.54, 1.807) is 0 Å². The molecule has 1 saturated heterocycles. The summed E-state index contributed by atoms with van der Waals surface area (Å²) in [6.45, 7) is 6.55. The SMILES string of the molecule is CN=C(NC)N1CCC(C)N(Cc2ccccc2)CC1. The molecule has 0 saturated carbocycles. The molecule has 1 aromatic carbocycles. The second-order valence-corrected chi connectivity index (χ2v) is 5.38. The van der Waals surface area contributed by atoms with Crippen LogP contribution in [-0.4, -0.2) is 55.5 Å². The zero-order chi connectivity index (χ0) is 14.4. The van der Waals surface area contributed by atoms with Crippen LogP contribution in [0.1, 0.15) is 18.9 Å². The maximum Gasteiger partial charge on any atom is 0.193 e. The summed E-state index contributed by atoms with van der Waals surface area (Å²) in [4.78, 5) is 9.24. The molecule has 1 aliphatic heterocycles. The smallest absolute Gasteiger partial charge is 0.193 e. The van der Waals surface area contributed by atoms with Crippen LogP contribution in [-0.2, 0) is 6.54 Å². The van der Waals surface area contributed by atoms with Crippen LogP contribution in [0.25, 0.3) is 0 Å². The molecule has 0 spiro atoms. The second-order valence-electron chi connectivity index (χ2n) is 5.38. The second kappa shape index (κ2) is 7.29. The Morgan fingerprint density at radius 2 is 2.00 bits per heavy atom. The molecule has 1 atom stereocenters. The highest BCUT2D eigenvalue weighted by Crippen LogP contribution is 2.14. The Labute approximate surface area is 122 Å². The summed E-state index contributed by atoms with van der Waals surface area (Å²) >= 11 is 0. The van der Waals surface area contributed by atoms with Crippen molar-refractivity contribution >= 4 is 5.96 Å². The molecule has 110 valence electrons. The fourth-order valence-electron chi connectivity index (χ4n) is 2.78. The van der Waals surface area contributed by atoms with Gasteiger partial charge in [0.05, 0.1) is 0 Å². The quantitative estimate of drug-likeness (QED) is 0.659. The maximum atomic E-state index is 4.32. The number of hydrogen-bond donors (Lipinski definition) is 1. The summed E-state index contributed by atoms with van der Waals surface area (Å²) < 4.78 is 0. The Morgan fingerprint density at radius 1 is 1.25 bits per heavy atom. The highest BCUT2D eigenvalue weighted by molar-refractivity contribution is 5.79. The number of guanidine groups is 1. The normalized spacial score (nSPS) is 21.6. The van der Waals surface area contributed by atoms with Gasteiger partial charge in [-0.1, -0.05) is 30.3 Å². The molecule has 0 amide bonds. The first-order valence-electron chi connectivity index (χ1n) is 7.42. The average Bonchev–Trinajstić information content (AvgIpc) is 2.66. The molecule has 20 heavy (non-hydrogen) atoms. The molecule has 1 unspecified atom stereocenters. The van der Waals surface area contributed by atoms with E-state index in [-0.39, 0.29) is 0 Å². The number of hydrogen-bond acceptors (Lipinski definition) is 2.